The minimum Gasteiger partial charge on any atom is -0.750 e. The van der Waals surface area contributed by atoms with E-state index in [1.165, 1.54) is 6.92 Å². The van der Waals surface area contributed by atoms with Crippen LogP contribution in [0.4, 0.5) is 4.79 Å². The topological polar surface area (TPSA) is 114 Å². The molecule has 0 heterocycles. The second kappa shape index (κ2) is 7.70. The van der Waals surface area contributed by atoms with E-state index >= 15 is 0 Å². The van der Waals surface area contributed by atoms with Gasteiger partial charge in [0.1, 0.15) is 16.8 Å². The lowest BCUT2D eigenvalue weighted by Gasteiger charge is -2.51. The summed E-state index contributed by atoms with van der Waals surface area (Å²) < 4.78 is 40.5. The van der Waals surface area contributed by atoms with Gasteiger partial charge in [0.2, 0.25) is 0 Å². The Morgan fingerprint density at radius 1 is 0.774 bits per heavy atom. The van der Waals surface area contributed by atoms with Gasteiger partial charge in [-0.15, -0.1) is 0 Å². The van der Waals surface area contributed by atoms with E-state index in [4.69, 9.17) is 13.7 Å². The highest BCUT2D eigenvalue weighted by atomic mass is 32.2. The van der Waals surface area contributed by atoms with Crippen molar-refractivity contribution in [3.05, 3.63) is 0 Å². The van der Waals surface area contributed by atoms with Crippen LogP contribution in [0.5, 0.6) is 0 Å². The summed E-state index contributed by atoms with van der Waals surface area (Å²) in [4.78, 5) is 26.9. The van der Waals surface area contributed by atoms with Crippen molar-refractivity contribution < 1.29 is 32.0 Å². The van der Waals surface area contributed by atoms with Gasteiger partial charge in [-0.2, -0.15) is 0 Å². The van der Waals surface area contributed by atoms with Crippen molar-refractivity contribution >= 4 is 23.4 Å². The number of nitrogens with one attached hydrogen (secondary N) is 1. The Morgan fingerprint density at radius 2 is 1.19 bits per heavy atom. The molecule has 1 fully saturated rings. The van der Waals surface area contributed by atoms with E-state index in [9.17, 15) is 18.4 Å². The first-order chi connectivity index (χ1) is 13.4. The Balaban J connectivity index is 3.98. The quantitative estimate of drug-likeness (QED) is 0.490. The van der Waals surface area contributed by atoms with Gasteiger partial charge in [-0.25, -0.2) is 13.8 Å². The number of amides is 1. The monoisotopic (exact) mass is 462 g/mol. The van der Waals surface area contributed by atoms with E-state index in [1.807, 2.05) is 27.7 Å². The first-order valence-electron chi connectivity index (χ1n) is 10.4. The van der Waals surface area contributed by atoms with Gasteiger partial charge in [-0.05, 0) is 53.9 Å². The number of rotatable bonds is 4. The van der Waals surface area contributed by atoms with E-state index in [0.717, 1.165) is 0 Å². The fraction of sp³-hybridized carbons (Fsp3) is 0.909. The van der Waals surface area contributed by atoms with Crippen molar-refractivity contribution in [3.63, 3.8) is 0 Å². The number of carbonyl (C=O) groups excluding carboxylic acids is 2. The second-order valence-electron chi connectivity index (χ2n) is 12.1. The van der Waals surface area contributed by atoms with Crippen molar-refractivity contribution in [1.82, 2.24) is 5.32 Å². The molecule has 9 heteroatoms. The van der Waals surface area contributed by atoms with E-state index < -0.39 is 62.0 Å². The number of carbonyl (C=O) groups is 2. The summed E-state index contributed by atoms with van der Waals surface area (Å²) in [7, 11) is 0. The summed E-state index contributed by atoms with van der Waals surface area (Å²) in [5.74, 6) is -0.789. The molecule has 1 amide bonds. The lowest BCUT2D eigenvalue weighted by Crippen LogP contribution is -2.74. The molecule has 0 aromatic rings. The van der Waals surface area contributed by atoms with Crippen LogP contribution >= 0.6 is 0 Å². The maximum Gasteiger partial charge on any atom is 0.408 e. The van der Waals surface area contributed by atoms with E-state index in [1.54, 1.807) is 55.4 Å². The second-order valence-corrected chi connectivity index (χ2v) is 12.6. The lowest BCUT2D eigenvalue weighted by atomic mass is 9.58. The minimum atomic E-state index is -2.98. The zero-order chi connectivity index (χ0) is 25.1. The molecule has 0 bridgehead atoms. The van der Waals surface area contributed by atoms with Crippen LogP contribution in [0.1, 0.15) is 90.0 Å². The smallest absolute Gasteiger partial charge is 0.408 e. The van der Waals surface area contributed by atoms with Gasteiger partial charge >= 0.3 is 12.1 Å². The van der Waals surface area contributed by atoms with Crippen molar-refractivity contribution in [3.8, 4) is 0 Å². The molecule has 31 heavy (non-hydrogen) atoms. The molecular formula is C22H40NO7S-. The first-order valence-corrected chi connectivity index (χ1v) is 11.4. The van der Waals surface area contributed by atoms with Gasteiger partial charge in [0.25, 0.3) is 0 Å². The number of alkyl carbamates (subject to hydrolysis) is 1. The summed E-state index contributed by atoms with van der Waals surface area (Å²) in [5.41, 5.74) is -8.01. The largest absolute Gasteiger partial charge is 0.750 e. The highest BCUT2D eigenvalue weighted by molar-refractivity contribution is 7.74. The summed E-state index contributed by atoms with van der Waals surface area (Å²) in [6.07, 6.45) is -0.869. The summed E-state index contributed by atoms with van der Waals surface area (Å²) >= 11 is -2.98. The number of hydrogen-bond donors (Lipinski definition) is 1. The number of hydrogen-bond acceptors (Lipinski definition) is 7. The molecule has 0 aromatic heterocycles. The molecule has 1 aliphatic carbocycles. The van der Waals surface area contributed by atoms with Crippen molar-refractivity contribution in [2.75, 3.05) is 0 Å². The van der Waals surface area contributed by atoms with Gasteiger partial charge in [-0.1, -0.05) is 41.5 Å². The molecule has 0 saturated heterocycles. The summed E-state index contributed by atoms with van der Waals surface area (Å²) in [6, 6.07) is 0. The maximum absolute atomic E-state index is 13.9. The van der Waals surface area contributed by atoms with Crippen LogP contribution < -0.4 is 5.32 Å². The van der Waals surface area contributed by atoms with E-state index in [2.05, 4.69) is 5.32 Å². The highest BCUT2D eigenvalue weighted by Crippen LogP contribution is 2.72. The zero-order valence-corrected chi connectivity index (χ0v) is 22.1. The standard InChI is InChI=1S/C22H41NO7S/c1-16(2,3)28-14(24)22(23-15(25)29-17(4,5)6)20(11,12)18(7,8)19(9,10)21(22,13)30-31(26)27/h1-13H3,(H,23,25)(H,26,27)/p-1/t21-,22-/m0/s1. The Hall–Kier alpha value is -1.19. The molecule has 0 aliphatic heterocycles. The highest BCUT2D eigenvalue weighted by Gasteiger charge is 2.83. The van der Waals surface area contributed by atoms with Crippen LogP contribution in [0, 0.1) is 16.2 Å². The van der Waals surface area contributed by atoms with Crippen LogP contribution in [0.25, 0.3) is 0 Å². The SMILES string of the molecule is CC(C)(C)OC(=O)N[C@@]1(C(=O)OC(C)(C)C)C(C)(C)C(C)(C)C(C)(C)[C@]1(C)OS(=O)[O-]. The van der Waals surface area contributed by atoms with Gasteiger partial charge in [0.05, 0.1) is 11.4 Å². The van der Waals surface area contributed by atoms with E-state index in [0.29, 0.717) is 0 Å². The molecule has 1 saturated carbocycles. The van der Waals surface area contributed by atoms with E-state index in [-0.39, 0.29) is 0 Å². The Kier molecular flexibility index (Phi) is 6.91. The third-order valence-corrected chi connectivity index (χ3v) is 8.07. The van der Waals surface area contributed by atoms with Crippen LogP contribution in [0.3, 0.4) is 0 Å². The molecule has 0 spiro atoms. The summed E-state index contributed by atoms with van der Waals surface area (Å²) in [5, 5.41) is 2.73. The van der Waals surface area contributed by atoms with Gasteiger partial charge < -0.3 is 19.3 Å². The van der Waals surface area contributed by atoms with Crippen LogP contribution in [0.15, 0.2) is 0 Å². The molecule has 1 unspecified atom stereocenters. The van der Waals surface area contributed by atoms with Crippen molar-refractivity contribution in [2.24, 2.45) is 16.2 Å². The molecule has 1 aliphatic rings. The molecule has 3 atom stereocenters. The minimum absolute atomic E-state index is 0.708. The molecule has 182 valence electrons. The molecule has 1 N–H and O–H groups in total. The van der Waals surface area contributed by atoms with Gasteiger partial charge in [0.15, 0.2) is 5.54 Å². The van der Waals surface area contributed by atoms with Crippen molar-refractivity contribution in [1.29, 1.82) is 0 Å². The van der Waals surface area contributed by atoms with Crippen LogP contribution in [-0.4, -0.2) is 43.2 Å². The van der Waals surface area contributed by atoms with Crippen LogP contribution in [0.2, 0.25) is 0 Å². The maximum atomic E-state index is 13.9. The predicted molar refractivity (Wildman–Crippen MR) is 118 cm³/mol. The molecule has 1 rings (SSSR count). The normalized spacial score (nSPS) is 30.4. The molecule has 8 nitrogen and oxygen atoms in total. The Morgan fingerprint density at radius 3 is 1.55 bits per heavy atom. The lowest BCUT2D eigenvalue weighted by molar-refractivity contribution is -0.181. The van der Waals surface area contributed by atoms with Crippen LogP contribution in [-0.2, 0) is 29.8 Å². The molecule has 0 radical (unpaired) electrons. The summed E-state index contributed by atoms with van der Waals surface area (Å²) in [6.45, 7) is 22.8. The average molecular weight is 463 g/mol. The van der Waals surface area contributed by atoms with Gasteiger partial charge in [0, 0.05) is 10.8 Å². The Labute approximate surface area is 189 Å². The Bertz CT molecular complexity index is 761. The number of esters is 1. The third kappa shape index (κ3) is 4.25. The predicted octanol–water partition coefficient (Wildman–Crippen LogP) is 4.25. The first kappa shape index (κ1) is 27.8. The van der Waals surface area contributed by atoms with Gasteiger partial charge in [-0.3, -0.25) is 4.18 Å². The fourth-order valence-electron chi connectivity index (χ4n) is 4.80. The molecule has 0 aromatic carbocycles. The van der Waals surface area contributed by atoms with Crippen molar-refractivity contribution in [2.45, 2.75) is 112 Å². The number of ether oxygens (including phenoxy) is 2. The molecular weight excluding hydrogens is 422 g/mol. The zero-order valence-electron chi connectivity index (χ0n) is 21.3. The third-order valence-electron chi connectivity index (χ3n) is 7.60. The fourth-order valence-corrected chi connectivity index (χ4v) is 5.41. The average Bonchev–Trinajstić information content (AvgIpc) is 2.52.